The van der Waals surface area contributed by atoms with Gasteiger partial charge in [0.15, 0.2) is 9.84 Å². The normalized spacial score (nSPS) is 12.5. The van der Waals surface area contributed by atoms with E-state index in [4.69, 9.17) is 0 Å². The first kappa shape index (κ1) is 17.0. The van der Waals surface area contributed by atoms with Crippen LogP contribution in [0.2, 0.25) is 0 Å². The molecule has 6 nitrogen and oxygen atoms in total. The van der Waals surface area contributed by atoms with Crippen LogP contribution in [0.4, 0.5) is 10.5 Å². The van der Waals surface area contributed by atoms with Crippen molar-refractivity contribution in [2.24, 2.45) is 0 Å². The number of anilines is 1. The molecule has 0 saturated heterocycles. The van der Waals surface area contributed by atoms with E-state index in [-0.39, 0.29) is 10.9 Å². The predicted molar refractivity (Wildman–Crippen MR) is 89.1 cm³/mol. The summed E-state index contributed by atoms with van der Waals surface area (Å²) < 4.78 is 23.2. The number of amides is 2. The molecule has 0 aliphatic rings. The number of hydrogen-bond donors (Lipinski definition) is 2. The monoisotopic (exact) mass is 333 g/mol. The molecule has 2 N–H and O–H groups in total. The number of sulfone groups is 1. The Labute approximate surface area is 135 Å². The fourth-order valence-electron chi connectivity index (χ4n) is 2.06. The lowest BCUT2D eigenvalue weighted by Gasteiger charge is -2.16. The topological polar surface area (TPSA) is 88.2 Å². The van der Waals surface area contributed by atoms with Gasteiger partial charge in [-0.15, -0.1) is 0 Å². The molecule has 1 aromatic carbocycles. The van der Waals surface area contributed by atoms with Gasteiger partial charge >= 0.3 is 6.03 Å². The zero-order valence-electron chi connectivity index (χ0n) is 13.2. The third-order valence-electron chi connectivity index (χ3n) is 3.44. The number of pyridine rings is 1. The van der Waals surface area contributed by atoms with Crippen molar-refractivity contribution >= 4 is 21.6 Å². The van der Waals surface area contributed by atoms with Gasteiger partial charge < -0.3 is 10.6 Å². The van der Waals surface area contributed by atoms with Gasteiger partial charge in [0, 0.05) is 24.3 Å². The number of carbonyl (C=O) groups excluding carboxylic acids is 1. The largest absolute Gasteiger partial charge is 0.331 e. The predicted octanol–water partition coefficient (Wildman–Crippen LogP) is 2.68. The van der Waals surface area contributed by atoms with Gasteiger partial charge in [-0.05, 0) is 49.2 Å². The fraction of sp³-hybridized carbons (Fsp3) is 0.250. The molecule has 23 heavy (non-hydrogen) atoms. The van der Waals surface area contributed by atoms with Crippen LogP contribution >= 0.6 is 0 Å². The summed E-state index contributed by atoms with van der Waals surface area (Å²) in [7, 11) is -3.32. The van der Waals surface area contributed by atoms with E-state index >= 15 is 0 Å². The molecular formula is C16H19N3O3S. The van der Waals surface area contributed by atoms with Crippen molar-refractivity contribution in [2.75, 3.05) is 11.6 Å². The Morgan fingerprint density at radius 1 is 1.17 bits per heavy atom. The van der Waals surface area contributed by atoms with Crippen molar-refractivity contribution in [2.45, 2.75) is 24.8 Å². The summed E-state index contributed by atoms with van der Waals surface area (Å²) in [5.41, 5.74) is 2.17. The maximum atomic E-state index is 12.1. The lowest BCUT2D eigenvalue weighted by atomic mass is 10.1. The molecule has 7 heteroatoms. The molecule has 2 rings (SSSR count). The number of aromatic nitrogens is 1. The summed E-state index contributed by atoms with van der Waals surface area (Å²) >= 11 is 0. The van der Waals surface area contributed by atoms with E-state index in [2.05, 4.69) is 15.6 Å². The molecule has 2 amide bonds. The minimum atomic E-state index is -3.32. The molecule has 1 heterocycles. The third-order valence-corrected chi connectivity index (χ3v) is 4.55. The fourth-order valence-corrected chi connectivity index (χ4v) is 2.70. The zero-order valence-corrected chi connectivity index (χ0v) is 14.0. The molecule has 0 radical (unpaired) electrons. The van der Waals surface area contributed by atoms with Gasteiger partial charge in [-0.2, -0.15) is 0 Å². The molecule has 0 bridgehead atoms. The highest BCUT2D eigenvalue weighted by atomic mass is 32.2. The maximum Gasteiger partial charge on any atom is 0.319 e. The van der Waals surface area contributed by atoms with E-state index < -0.39 is 15.9 Å². The summed E-state index contributed by atoms with van der Waals surface area (Å²) in [5, 5.41) is 5.50. The zero-order chi connectivity index (χ0) is 17.0. The van der Waals surface area contributed by atoms with Crippen LogP contribution in [0.25, 0.3) is 0 Å². The highest BCUT2D eigenvalue weighted by molar-refractivity contribution is 7.90. The average Bonchev–Trinajstić information content (AvgIpc) is 2.49. The van der Waals surface area contributed by atoms with Crippen LogP contribution in [-0.2, 0) is 9.84 Å². The number of aryl methyl sites for hydroxylation is 1. The Kier molecular flexibility index (Phi) is 5.00. The third kappa shape index (κ3) is 4.53. The van der Waals surface area contributed by atoms with Gasteiger partial charge in [-0.25, -0.2) is 13.2 Å². The van der Waals surface area contributed by atoms with Crippen molar-refractivity contribution in [3.63, 3.8) is 0 Å². The molecule has 0 saturated carbocycles. The number of nitrogens with one attached hydrogen (secondary N) is 2. The van der Waals surface area contributed by atoms with Crippen molar-refractivity contribution in [3.8, 4) is 0 Å². The van der Waals surface area contributed by atoms with Crippen molar-refractivity contribution in [1.82, 2.24) is 10.3 Å². The van der Waals surface area contributed by atoms with Gasteiger partial charge in [0.05, 0.1) is 10.9 Å². The molecule has 1 aromatic heterocycles. The quantitative estimate of drug-likeness (QED) is 0.900. The second-order valence-corrected chi connectivity index (χ2v) is 7.37. The van der Waals surface area contributed by atoms with E-state index in [0.29, 0.717) is 5.69 Å². The highest BCUT2D eigenvalue weighted by Gasteiger charge is 2.13. The minimum absolute atomic E-state index is 0.167. The number of urea groups is 1. The first-order valence-corrected chi connectivity index (χ1v) is 8.94. The highest BCUT2D eigenvalue weighted by Crippen LogP contribution is 2.20. The molecule has 0 fully saturated rings. The van der Waals surface area contributed by atoms with Crippen LogP contribution < -0.4 is 10.6 Å². The maximum absolute atomic E-state index is 12.1. The SMILES string of the molecule is Cc1ccc(S(C)(=O)=O)cc1NC(=O)NC(C)c1ccncc1. The van der Waals surface area contributed by atoms with Gasteiger partial charge in [0.2, 0.25) is 0 Å². The second kappa shape index (κ2) is 6.78. The molecular weight excluding hydrogens is 314 g/mol. The van der Waals surface area contributed by atoms with E-state index in [1.54, 1.807) is 25.4 Å². The summed E-state index contributed by atoms with van der Waals surface area (Å²) in [4.78, 5) is 16.2. The van der Waals surface area contributed by atoms with Crippen molar-refractivity contribution < 1.29 is 13.2 Å². The van der Waals surface area contributed by atoms with E-state index in [9.17, 15) is 13.2 Å². The van der Waals surface area contributed by atoms with Crippen LogP contribution in [0.15, 0.2) is 47.6 Å². The summed E-state index contributed by atoms with van der Waals surface area (Å²) in [6.07, 6.45) is 4.45. The lowest BCUT2D eigenvalue weighted by Crippen LogP contribution is -2.31. The Balaban J connectivity index is 2.11. The molecule has 2 aromatic rings. The first-order chi connectivity index (χ1) is 10.8. The van der Waals surface area contributed by atoms with Gasteiger partial charge in [0.1, 0.15) is 0 Å². The molecule has 1 unspecified atom stereocenters. The Morgan fingerprint density at radius 3 is 2.43 bits per heavy atom. The molecule has 122 valence electrons. The van der Waals surface area contributed by atoms with Crippen LogP contribution in [0.3, 0.4) is 0 Å². The van der Waals surface area contributed by atoms with E-state index in [1.807, 2.05) is 19.1 Å². The Bertz CT molecular complexity index is 805. The number of nitrogens with zero attached hydrogens (tertiary/aromatic N) is 1. The number of rotatable bonds is 4. The van der Waals surface area contributed by atoms with Crippen LogP contribution in [-0.4, -0.2) is 25.7 Å². The van der Waals surface area contributed by atoms with Crippen molar-refractivity contribution in [1.29, 1.82) is 0 Å². The summed E-state index contributed by atoms with van der Waals surface area (Å²) in [6.45, 7) is 3.66. The van der Waals surface area contributed by atoms with Crippen molar-refractivity contribution in [3.05, 3.63) is 53.9 Å². The van der Waals surface area contributed by atoms with Gasteiger partial charge in [0.25, 0.3) is 0 Å². The van der Waals surface area contributed by atoms with Gasteiger partial charge in [-0.1, -0.05) is 6.07 Å². The number of carbonyl (C=O) groups is 1. The van der Waals surface area contributed by atoms with Crippen LogP contribution in [0, 0.1) is 6.92 Å². The molecule has 0 aliphatic carbocycles. The minimum Gasteiger partial charge on any atom is -0.331 e. The summed E-state index contributed by atoms with van der Waals surface area (Å²) in [5.74, 6) is 0. The second-order valence-electron chi connectivity index (χ2n) is 5.35. The first-order valence-electron chi connectivity index (χ1n) is 7.05. The van der Waals surface area contributed by atoms with E-state index in [1.165, 1.54) is 12.1 Å². The van der Waals surface area contributed by atoms with Gasteiger partial charge in [-0.3, -0.25) is 4.98 Å². The lowest BCUT2D eigenvalue weighted by molar-refractivity contribution is 0.249. The molecule has 1 atom stereocenters. The van der Waals surface area contributed by atoms with Crippen LogP contribution in [0.1, 0.15) is 24.1 Å². The summed E-state index contributed by atoms with van der Waals surface area (Å²) in [6, 6.07) is 7.69. The standard InChI is InChI=1S/C16H19N3O3S/c1-11-4-5-14(23(3,21)22)10-15(11)19-16(20)18-12(2)13-6-8-17-9-7-13/h4-10,12H,1-3H3,(H2,18,19,20). The van der Waals surface area contributed by atoms with Crippen LogP contribution in [0.5, 0.6) is 0 Å². The number of hydrogen-bond acceptors (Lipinski definition) is 4. The smallest absolute Gasteiger partial charge is 0.319 e. The molecule has 0 aliphatic heterocycles. The molecule has 0 spiro atoms. The Morgan fingerprint density at radius 2 is 1.83 bits per heavy atom. The average molecular weight is 333 g/mol. The Hall–Kier alpha value is -2.41. The number of benzene rings is 1. The van der Waals surface area contributed by atoms with E-state index in [0.717, 1.165) is 17.4 Å².